The first-order valence-electron chi connectivity index (χ1n) is 17.9. The zero-order valence-corrected chi connectivity index (χ0v) is 28.7. The molecule has 0 amide bonds. The molecule has 0 radical (unpaired) electrons. The second-order valence-electron chi connectivity index (χ2n) is 15.6. The molecule has 0 saturated carbocycles. The molecule has 2 rings (SSSR count). The van der Waals surface area contributed by atoms with E-state index in [1.54, 1.807) is 0 Å². The van der Waals surface area contributed by atoms with Crippen molar-refractivity contribution < 1.29 is 0 Å². The third-order valence-electron chi connectivity index (χ3n) is 12.7. The molecule has 0 aromatic rings. The van der Waals surface area contributed by atoms with Gasteiger partial charge in [0, 0.05) is 17.6 Å². The van der Waals surface area contributed by atoms with E-state index < -0.39 is 0 Å². The van der Waals surface area contributed by atoms with Crippen molar-refractivity contribution in [3.05, 3.63) is 0 Å². The molecule has 39 heavy (non-hydrogen) atoms. The van der Waals surface area contributed by atoms with Crippen LogP contribution in [-0.2, 0) is 0 Å². The van der Waals surface area contributed by atoms with Gasteiger partial charge >= 0.3 is 0 Å². The molecular formula is C37H74N2. The van der Waals surface area contributed by atoms with Gasteiger partial charge in [-0.2, -0.15) is 0 Å². The van der Waals surface area contributed by atoms with Crippen LogP contribution in [0.2, 0.25) is 0 Å². The summed E-state index contributed by atoms with van der Waals surface area (Å²) >= 11 is 0. The Kier molecular flexibility index (Phi) is 15.4. The first-order chi connectivity index (χ1) is 18.5. The molecule has 0 spiro atoms. The van der Waals surface area contributed by atoms with E-state index in [-0.39, 0.29) is 5.54 Å². The van der Waals surface area contributed by atoms with Crippen LogP contribution in [0.3, 0.4) is 0 Å². The van der Waals surface area contributed by atoms with Crippen molar-refractivity contribution in [3.63, 3.8) is 0 Å². The largest absolute Gasteiger partial charge is 0.301 e. The molecule has 0 aliphatic carbocycles. The molecule has 0 bridgehead atoms. The van der Waals surface area contributed by atoms with Gasteiger partial charge in [0.05, 0.1) is 0 Å². The van der Waals surface area contributed by atoms with E-state index in [0.29, 0.717) is 11.0 Å². The van der Waals surface area contributed by atoms with Crippen LogP contribution in [0, 0.1) is 23.2 Å². The fourth-order valence-corrected chi connectivity index (χ4v) is 8.36. The van der Waals surface area contributed by atoms with Crippen LogP contribution in [0.25, 0.3) is 0 Å². The summed E-state index contributed by atoms with van der Waals surface area (Å²) in [5, 5.41) is 0. The van der Waals surface area contributed by atoms with Crippen LogP contribution >= 0.6 is 0 Å². The average Bonchev–Trinajstić information content (AvgIpc) is 2.88. The lowest BCUT2D eigenvalue weighted by molar-refractivity contribution is -0.118. The van der Waals surface area contributed by atoms with Gasteiger partial charge in [0.25, 0.3) is 0 Å². The minimum absolute atomic E-state index is 0.278. The number of rotatable bonds is 19. The Balaban J connectivity index is 1.65. The lowest BCUT2D eigenvalue weighted by Crippen LogP contribution is -2.64. The highest BCUT2D eigenvalue weighted by Crippen LogP contribution is 2.55. The molecule has 2 nitrogen and oxygen atoms in total. The summed E-state index contributed by atoms with van der Waals surface area (Å²) in [6.07, 6.45) is 29.0. The number of hydrogen-bond acceptors (Lipinski definition) is 2. The van der Waals surface area contributed by atoms with Crippen molar-refractivity contribution >= 4 is 0 Å². The maximum absolute atomic E-state index is 2.69. The second kappa shape index (κ2) is 17.1. The van der Waals surface area contributed by atoms with Gasteiger partial charge in [0.2, 0.25) is 0 Å². The van der Waals surface area contributed by atoms with Gasteiger partial charge in [-0.3, -0.25) is 0 Å². The molecule has 2 heterocycles. The maximum atomic E-state index is 2.69. The van der Waals surface area contributed by atoms with E-state index in [4.69, 9.17) is 0 Å². The lowest BCUT2D eigenvalue weighted by atomic mass is 9.53. The lowest BCUT2D eigenvalue weighted by Gasteiger charge is -2.62. The molecule has 232 valence electrons. The average molecular weight is 547 g/mol. The predicted octanol–water partition coefficient (Wildman–Crippen LogP) is 11.1. The van der Waals surface area contributed by atoms with Gasteiger partial charge in [-0.25, -0.2) is 0 Å². The zero-order valence-electron chi connectivity index (χ0n) is 28.7. The maximum Gasteiger partial charge on any atom is 0.0206 e. The van der Waals surface area contributed by atoms with Gasteiger partial charge in [-0.1, -0.05) is 130 Å². The van der Waals surface area contributed by atoms with Gasteiger partial charge in [0.1, 0.15) is 0 Å². The Morgan fingerprint density at radius 3 is 1.49 bits per heavy atom. The highest BCUT2D eigenvalue weighted by atomic mass is 15.2. The molecule has 0 aromatic carbocycles. The summed E-state index contributed by atoms with van der Waals surface area (Å²) in [6.45, 7) is 20.1. The number of unbranched alkanes of at least 4 members (excludes halogenated alkanes) is 16. The van der Waals surface area contributed by atoms with Crippen molar-refractivity contribution in [2.45, 2.75) is 188 Å². The van der Waals surface area contributed by atoms with Crippen LogP contribution in [0.1, 0.15) is 177 Å². The highest BCUT2D eigenvalue weighted by molar-refractivity contribution is 5.07. The van der Waals surface area contributed by atoms with Crippen molar-refractivity contribution in [2.75, 3.05) is 27.2 Å². The Morgan fingerprint density at radius 2 is 1.05 bits per heavy atom. The molecule has 2 fully saturated rings. The smallest absolute Gasteiger partial charge is 0.0206 e. The Bertz CT molecular complexity index is 625. The second-order valence-corrected chi connectivity index (χ2v) is 15.6. The summed E-state index contributed by atoms with van der Waals surface area (Å²) in [7, 11) is 4.78. The highest BCUT2D eigenvalue weighted by Gasteiger charge is 2.54. The summed E-state index contributed by atoms with van der Waals surface area (Å²) in [4.78, 5) is 5.38. The summed E-state index contributed by atoms with van der Waals surface area (Å²) in [5.41, 5.74) is 1.02. The van der Waals surface area contributed by atoms with E-state index in [0.717, 1.165) is 17.8 Å². The SMILES string of the molecule is CCCCCCCCCCCCCCCCCCCC1(C)C(C2CC(C)C(C)(C)N(C)C2)CCN(C)C1(C)C. The van der Waals surface area contributed by atoms with Crippen LogP contribution in [0.4, 0.5) is 0 Å². The van der Waals surface area contributed by atoms with Crippen LogP contribution in [0.5, 0.6) is 0 Å². The van der Waals surface area contributed by atoms with Crippen LogP contribution < -0.4 is 0 Å². The van der Waals surface area contributed by atoms with Gasteiger partial charge < -0.3 is 9.80 Å². The standard InChI is InChI=1S/C37H74N2/c1-10-11-12-13-14-15-16-17-18-19-20-21-22-23-24-25-26-28-37(7)34(27-29-38(8)36(37,5)6)33-30-32(2)35(3,4)39(9)31-33/h32-34H,10-31H2,1-9H3. The third-order valence-corrected chi connectivity index (χ3v) is 12.7. The molecule has 2 heteroatoms. The van der Waals surface area contributed by atoms with Gasteiger partial charge in [0.15, 0.2) is 0 Å². The molecule has 4 atom stereocenters. The summed E-state index contributed by atoms with van der Waals surface area (Å²) in [5.74, 6) is 2.47. The van der Waals surface area contributed by atoms with E-state index in [2.05, 4.69) is 72.4 Å². The quantitative estimate of drug-likeness (QED) is 0.149. The summed E-state index contributed by atoms with van der Waals surface area (Å²) in [6, 6.07) is 0. The molecule has 0 aromatic heterocycles. The van der Waals surface area contributed by atoms with Crippen molar-refractivity contribution in [3.8, 4) is 0 Å². The first kappa shape index (κ1) is 35.1. The molecular weight excluding hydrogens is 472 g/mol. The summed E-state index contributed by atoms with van der Waals surface area (Å²) < 4.78 is 0. The van der Waals surface area contributed by atoms with Crippen molar-refractivity contribution in [1.29, 1.82) is 0 Å². The number of nitrogens with zero attached hydrogens (tertiary/aromatic N) is 2. The van der Waals surface area contributed by atoms with E-state index in [1.807, 2.05) is 0 Å². The minimum atomic E-state index is 0.278. The van der Waals surface area contributed by atoms with E-state index in [1.165, 1.54) is 142 Å². The molecule has 4 unspecified atom stereocenters. The molecule has 0 N–H and O–H groups in total. The fraction of sp³-hybridized carbons (Fsp3) is 1.00. The number of hydrogen-bond donors (Lipinski definition) is 0. The van der Waals surface area contributed by atoms with Gasteiger partial charge in [-0.15, -0.1) is 0 Å². The van der Waals surface area contributed by atoms with Crippen LogP contribution in [-0.4, -0.2) is 48.1 Å². The van der Waals surface area contributed by atoms with Crippen molar-refractivity contribution in [2.24, 2.45) is 23.2 Å². The Labute approximate surface area is 247 Å². The fourth-order valence-electron chi connectivity index (χ4n) is 8.36. The first-order valence-corrected chi connectivity index (χ1v) is 17.9. The normalized spacial score (nSPS) is 29.6. The van der Waals surface area contributed by atoms with Crippen molar-refractivity contribution in [1.82, 2.24) is 9.80 Å². The number of likely N-dealkylation sites (tertiary alicyclic amines) is 2. The Morgan fingerprint density at radius 1 is 0.615 bits per heavy atom. The third kappa shape index (κ3) is 10.0. The molecule has 2 aliphatic heterocycles. The zero-order chi connectivity index (χ0) is 28.9. The molecule has 2 saturated heterocycles. The van der Waals surface area contributed by atoms with Gasteiger partial charge in [-0.05, 0) is 90.8 Å². The topological polar surface area (TPSA) is 6.48 Å². The number of piperidine rings is 2. The Hall–Kier alpha value is -0.0800. The van der Waals surface area contributed by atoms with E-state index in [9.17, 15) is 0 Å². The van der Waals surface area contributed by atoms with E-state index >= 15 is 0 Å². The predicted molar refractivity (Wildman–Crippen MR) is 176 cm³/mol. The molecule has 2 aliphatic rings. The monoisotopic (exact) mass is 547 g/mol. The minimum Gasteiger partial charge on any atom is -0.301 e. The van der Waals surface area contributed by atoms with Crippen LogP contribution in [0.15, 0.2) is 0 Å².